The number of aliphatic hydroxyl groups is 8. The highest BCUT2D eigenvalue weighted by Crippen LogP contribution is 2.30. The summed E-state index contributed by atoms with van der Waals surface area (Å²) in [5.74, 6) is -0.261. The Labute approximate surface area is 366 Å². The van der Waals surface area contributed by atoms with Crippen LogP contribution in [0, 0.1) is 0 Å². The molecule has 0 radical (unpaired) electrons. The van der Waals surface area contributed by atoms with E-state index in [1.807, 2.05) is 6.08 Å². The second kappa shape index (κ2) is 34.6. The molecule has 0 aromatic rings. The number of carbonyl (C=O) groups is 1. The van der Waals surface area contributed by atoms with Gasteiger partial charge >= 0.3 is 0 Å². The van der Waals surface area contributed by atoms with Gasteiger partial charge in [0.15, 0.2) is 12.6 Å². The molecule has 2 heterocycles. The summed E-state index contributed by atoms with van der Waals surface area (Å²) in [4.78, 5) is 13.1. The highest BCUT2D eigenvalue weighted by molar-refractivity contribution is 5.76. The van der Waals surface area contributed by atoms with Gasteiger partial charge in [0.1, 0.15) is 48.8 Å². The summed E-state index contributed by atoms with van der Waals surface area (Å²) in [7, 11) is 0. The third-order valence-electron chi connectivity index (χ3n) is 11.5. The average molecular weight is 872 g/mol. The lowest BCUT2D eigenvalue weighted by molar-refractivity contribution is -0.359. The lowest BCUT2D eigenvalue weighted by Crippen LogP contribution is -2.65. The van der Waals surface area contributed by atoms with Crippen molar-refractivity contribution in [2.75, 3.05) is 19.8 Å². The number of aliphatic hydroxyl groups excluding tert-OH is 8. The summed E-state index contributed by atoms with van der Waals surface area (Å²) in [6.45, 7) is 2.71. The number of amides is 1. The second-order valence-electron chi connectivity index (χ2n) is 16.9. The molecule has 356 valence electrons. The van der Waals surface area contributed by atoms with E-state index in [0.717, 1.165) is 51.4 Å². The SMILES string of the molecule is CCCCCCC/C=C\CCCCCCCC(=O)NC(COC1OC(CO)C(OC2OC(CO)C(O)C(O)C2O)C(O)C1O)C(O)/C=C/CC/C=C/CCCCCCCCC. The molecule has 61 heavy (non-hydrogen) atoms. The van der Waals surface area contributed by atoms with Gasteiger partial charge in [0.25, 0.3) is 0 Å². The highest BCUT2D eigenvalue weighted by atomic mass is 16.7. The predicted octanol–water partition coefficient (Wildman–Crippen LogP) is 5.15. The minimum Gasteiger partial charge on any atom is -0.394 e. The number of unbranched alkanes of at least 4 members (excludes halogenated alkanes) is 18. The minimum atomic E-state index is -1.79. The van der Waals surface area contributed by atoms with E-state index in [4.69, 9.17) is 18.9 Å². The molecule has 9 N–H and O–H groups in total. The average Bonchev–Trinajstić information content (AvgIpc) is 3.26. The molecule has 0 bridgehead atoms. The van der Waals surface area contributed by atoms with E-state index in [9.17, 15) is 45.6 Å². The van der Waals surface area contributed by atoms with Gasteiger partial charge in [-0.05, 0) is 57.8 Å². The zero-order valence-electron chi connectivity index (χ0n) is 37.4. The van der Waals surface area contributed by atoms with Crippen LogP contribution in [-0.2, 0) is 23.7 Å². The van der Waals surface area contributed by atoms with E-state index >= 15 is 0 Å². The van der Waals surface area contributed by atoms with Crippen molar-refractivity contribution in [3.05, 3.63) is 36.5 Å². The summed E-state index contributed by atoms with van der Waals surface area (Å²) < 4.78 is 22.6. The molecule has 12 unspecified atom stereocenters. The number of carbonyl (C=O) groups excluding carboxylic acids is 1. The van der Waals surface area contributed by atoms with Crippen molar-refractivity contribution in [3.63, 3.8) is 0 Å². The van der Waals surface area contributed by atoms with Crippen LogP contribution in [0.3, 0.4) is 0 Å². The van der Waals surface area contributed by atoms with Crippen molar-refractivity contribution in [2.24, 2.45) is 0 Å². The van der Waals surface area contributed by atoms with Gasteiger partial charge < -0.3 is 65.1 Å². The number of nitrogens with one attached hydrogen (secondary N) is 1. The van der Waals surface area contributed by atoms with Crippen LogP contribution in [0.5, 0.6) is 0 Å². The molecule has 0 saturated carbocycles. The molecular weight excluding hydrogens is 787 g/mol. The Morgan fingerprint density at radius 1 is 0.574 bits per heavy atom. The van der Waals surface area contributed by atoms with Crippen molar-refractivity contribution >= 4 is 5.91 Å². The minimum absolute atomic E-state index is 0.261. The molecule has 2 aliphatic rings. The summed E-state index contributed by atoms with van der Waals surface area (Å²) in [5, 5.41) is 86.5. The summed E-state index contributed by atoms with van der Waals surface area (Å²) in [6, 6.07) is -0.932. The monoisotopic (exact) mass is 872 g/mol. The number of allylic oxidation sites excluding steroid dienone is 5. The maximum atomic E-state index is 13.1. The molecule has 2 aliphatic heterocycles. The third kappa shape index (κ3) is 22.6. The Balaban J connectivity index is 1.91. The maximum Gasteiger partial charge on any atom is 0.220 e. The summed E-state index contributed by atoms with van der Waals surface area (Å²) in [6.07, 6.45) is 20.5. The van der Waals surface area contributed by atoms with Crippen molar-refractivity contribution in [3.8, 4) is 0 Å². The molecule has 0 aliphatic carbocycles. The van der Waals surface area contributed by atoms with E-state index in [-0.39, 0.29) is 18.9 Å². The molecule has 12 atom stereocenters. The predicted molar refractivity (Wildman–Crippen MR) is 235 cm³/mol. The lowest BCUT2D eigenvalue weighted by Gasteiger charge is -2.46. The Bertz CT molecular complexity index is 1170. The maximum absolute atomic E-state index is 13.1. The Hall–Kier alpha value is -1.79. The fraction of sp³-hybridized carbons (Fsp3) is 0.851. The molecule has 14 heteroatoms. The van der Waals surface area contributed by atoms with Gasteiger partial charge in [-0.1, -0.05) is 134 Å². The topological polar surface area (TPSA) is 228 Å². The highest BCUT2D eigenvalue weighted by Gasteiger charge is 2.50. The van der Waals surface area contributed by atoms with Gasteiger partial charge in [-0.15, -0.1) is 0 Å². The van der Waals surface area contributed by atoms with Crippen LogP contribution < -0.4 is 5.32 Å². The van der Waals surface area contributed by atoms with E-state index in [2.05, 4.69) is 43.5 Å². The molecule has 1 amide bonds. The normalized spacial score (nSPS) is 28.3. The van der Waals surface area contributed by atoms with E-state index in [1.54, 1.807) is 6.08 Å². The first kappa shape index (κ1) is 55.3. The van der Waals surface area contributed by atoms with E-state index in [1.165, 1.54) is 77.0 Å². The molecule has 0 aromatic heterocycles. The van der Waals surface area contributed by atoms with Gasteiger partial charge in [-0.3, -0.25) is 4.79 Å². The summed E-state index contributed by atoms with van der Waals surface area (Å²) >= 11 is 0. The number of hydrogen-bond donors (Lipinski definition) is 9. The van der Waals surface area contributed by atoms with Gasteiger partial charge in [0, 0.05) is 6.42 Å². The first-order chi connectivity index (χ1) is 29.6. The van der Waals surface area contributed by atoms with Gasteiger partial charge in [0.05, 0.1) is 32.0 Å². The first-order valence-electron chi connectivity index (χ1n) is 23.7. The van der Waals surface area contributed by atoms with Crippen LogP contribution in [0.15, 0.2) is 36.5 Å². The van der Waals surface area contributed by atoms with Gasteiger partial charge in [0.2, 0.25) is 5.91 Å². The fourth-order valence-corrected chi connectivity index (χ4v) is 7.59. The van der Waals surface area contributed by atoms with Crippen molar-refractivity contribution in [1.29, 1.82) is 0 Å². The molecular formula is C47H85NO13. The quantitative estimate of drug-likeness (QED) is 0.0297. The molecule has 2 saturated heterocycles. The second-order valence-corrected chi connectivity index (χ2v) is 16.9. The van der Waals surface area contributed by atoms with Crippen LogP contribution in [0.25, 0.3) is 0 Å². The third-order valence-corrected chi connectivity index (χ3v) is 11.5. The van der Waals surface area contributed by atoms with Crippen LogP contribution in [0.2, 0.25) is 0 Å². The zero-order valence-corrected chi connectivity index (χ0v) is 37.4. The standard InChI is InChI=1S/C47H85NO13/c1-3-5-7-9-11-13-15-17-19-21-23-25-27-29-31-39(52)48-35(36(51)30-28-26-24-22-20-18-16-14-12-10-8-6-4-2)34-58-46-44(57)42(55)45(38(33-50)60-46)61-47-43(56)41(54)40(53)37(32-49)59-47/h15,17,20,22,28,30,35-38,40-47,49-51,53-57H,3-14,16,18-19,21,23-27,29,31-34H2,1-2H3,(H,48,52)/b17-15-,22-20+,30-28+. The Morgan fingerprint density at radius 3 is 1.61 bits per heavy atom. The molecule has 0 aromatic carbocycles. The Kier molecular flexibility index (Phi) is 31.4. The first-order valence-corrected chi connectivity index (χ1v) is 23.7. The van der Waals surface area contributed by atoms with Crippen LogP contribution in [0.4, 0.5) is 0 Å². The molecule has 2 fully saturated rings. The van der Waals surface area contributed by atoms with Gasteiger partial charge in [-0.2, -0.15) is 0 Å². The number of rotatable bonds is 35. The summed E-state index contributed by atoms with van der Waals surface area (Å²) in [5.41, 5.74) is 0. The van der Waals surface area contributed by atoms with Crippen LogP contribution in [0.1, 0.15) is 162 Å². The van der Waals surface area contributed by atoms with Crippen molar-refractivity contribution < 1.29 is 64.6 Å². The van der Waals surface area contributed by atoms with Crippen LogP contribution in [-0.4, -0.2) is 140 Å². The Morgan fingerprint density at radius 2 is 1.05 bits per heavy atom. The fourth-order valence-electron chi connectivity index (χ4n) is 7.59. The lowest BCUT2D eigenvalue weighted by atomic mass is 9.97. The van der Waals surface area contributed by atoms with Gasteiger partial charge in [-0.25, -0.2) is 0 Å². The van der Waals surface area contributed by atoms with Crippen molar-refractivity contribution in [2.45, 2.75) is 235 Å². The molecule has 0 spiro atoms. The number of hydrogen-bond acceptors (Lipinski definition) is 13. The smallest absolute Gasteiger partial charge is 0.220 e. The number of ether oxygens (including phenoxy) is 4. The largest absolute Gasteiger partial charge is 0.394 e. The van der Waals surface area contributed by atoms with E-state index < -0.39 is 86.8 Å². The zero-order chi connectivity index (χ0) is 44.7. The van der Waals surface area contributed by atoms with Crippen LogP contribution >= 0.6 is 0 Å². The van der Waals surface area contributed by atoms with Crippen molar-refractivity contribution in [1.82, 2.24) is 5.32 Å². The molecule has 14 nitrogen and oxygen atoms in total. The molecule has 2 rings (SSSR count). The van der Waals surface area contributed by atoms with E-state index in [0.29, 0.717) is 12.8 Å².